The topological polar surface area (TPSA) is 103 Å². The molecule has 8 nitrogen and oxygen atoms in total. The minimum Gasteiger partial charge on any atom is -0.465 e. The lowest BCUT2D eigenvalue weighted by atomic mass is 10.1. The molecule has 1 amide bonds. The highest BCUT2D eigenvalue weighted by atomic mass is 16.6. The second kappa shape index (κ2) is 7.16. The molecular weight excluding hydrogens is 328 g/mol. The number of ether oxygens (including phenoxy) is 1. The molecule has 132 valence electrons. The smallest absolute Gasteiger partial charge is 0.341 e. The third-order valence-electron chi connectivity index (χ3n) is 3.85. The van der Waals surface area contributed by atoms with Gasteiger partial charge in [0.05, 0.1) is 18.6 Å². The minimum atomic E-state index is -0.523. The number of methoxy groups -OCH3 is 1. The lowest BCUT2D eigenvalue weighted by Gasteiger charge is -2.17. The average molecular weight is 346 g/mol. The number of nitro groups is 1. The molecule has 0 aliphatic carbocycles. The van der Waals surface area contributed by atoms with Crippen molar-refractivity contribution in [2.45, 2.75) is 20.4 Å². The fourth-order valence-corrected chi connectivity index (χ4v) is 2.50. The van der Waals surface area contributed by atoms with Gasteiger partial charge < -0.3 is 14.1 Å². The molecule has 25 heavy (non-hydrogen) atoms. The Balaban J connectivity index is 2.23. The third-order valence-corrected chi connectivity index (χ3v) is 3.85. The number of carbonyl (C=O) groups excluding carboxylic acids is 2. The van der Waals surface area contributed by atoms with Gasteiger partial charge in [0.2, 0.25) is 0 Å². The molecule has 0 aliphatic rings. The number of nitrogens with zero attached hydrogens (tertiary/aromatic N) is 2. The summed E-state index contributed by atoms with van der Waals surface area (Å²) in [5.41, 5.74) is 0.731. The molecule has 0 N–H and O–H groups in total. The van der Waals surface area contributed by atoms with E-state index in [0.29, 0.717) is 22.6 Å². The molecule has 0 spiro atoms. The fourth-order valence-electron chi connectivity index (χ4n) is 2.50. The van der Waals surface area contributed by atoms with Crippen LogP contribution in [0.15, 0.2) is 28.7 Å². The molecule has 1 aromatic heterocycles. The van der Waals surface area contributed by atoms with Crippen LogP contribution in [0.4, 0.5) is 5.69 Å². The maximum Gasteiger partial charge on any atom is 0.341 e. The van der Waals surface area contributed by atoms with Gasteiger partial charge in [-0.15, -0.1) is 0 Å². The van der Waals surface area contributed by atoms with Crippen molar-refractivity contribution >= 4 is 17.6 Å². The summed E-state index contributed by atoms with van der Waals surface area (Å²) in [6, 6.07) is 5.88. The highest BCUT2D eigenvalue weighted by Gasteiger charge is 2.22. The van der Waals surface area contributed by atoms with E-state index >= 15 is 0 Å². The Kier molecular flexibility index (Phi) is 5.21. The van der Waals surface area contributed by atoms with Gasteiger partial charge in [0.1, 0.15) is 17.1 Å². The van der Waals surface area contributed by atoms with Crippen LogP contribution in [0, 0.1) is 24.0 Å². The minimum absolute atomic E-state index is 0.110. The van der Waals surface area contributed by atoms with Gasteiger partial charge in [-0.25, -0.2) is 4.79 Å². The summed E-state index contributed by atoms with van der Waals surface area (Å²) in [4.78, 5) is 36.1. The number of amides is 1. The zero-order valence-electron chi connectivity index (χ0n) is 14.4. The van der Waals surface area contributed by atoms with Gasteiger partial charge in [-0.3, -0.25) is 14.9 Å². The van der Waals surface area contributed by atoms with Gasteiger partial charge in [-0.05, 0) is 26.0 Å². The van der Waals surface area contributed by atoms with E-state index in [0.717, 1.165) is 0 Å². The van der Waals surface area contributed by atoms with Crippen LogP contribution >= 0.6 is 0 Å². The standard InChI is InChI=1S/C17H18N2O6/c1-10-13(6-5-7-15(10)19(22)23)16(20)18(3)9-12-8-14(11(2)25-12)17(21)24-4/h5-8H,9H2,1-4H3. The highest BCUT2D eigenvalue weighted by molar-refractivity contribution is 5.96. The lowest BCUT2D eigenvalue weighted by Crippen LogP contribution is -2.26. The molecule has 0 bridgehead atoms. The van der Waals surface area contributed by atoms with Crippen LogP contribution in [-0.4, -0.2) is 35.9 Å². The zero-order valence-corrected chi connectivity index (χ0v) is 14.4. The Morgan fingerprint density at radius 3 is 2.56 bits per heavy atom. The van der Waals surface area contributed by atoms with Crippen LogP contribution in [0.1, 0.15) is 37.8 Å². The molecule has 1 aromatic carbocycles. The molecule has 0 saturated heterocycles. The third kappa shape index (κ3) is 3.68. The van der Waals surface area contributed by atoms with Crippen LogP contribution in [0.2, 0.25) is 0 Å². The van der Waals surface area contributed by atoms with E-state index in [1.54, 1.807) is 14.0 Å². The van der Waals surface area contributed by atoms with Crippen LogP contribution in [0.25, 0.3) is 0 Å². The van der Waals surface area contributed by atoms with Crippen molar-refractivity contribution in [3.8, 4) is 0 Å². The Bertz CT molecular complexity index is 840. The van der Waals surface area contributed by atoms with E-state index in [2.05, 4.69) is 4.74 Å². The normalized spacial score (nSPS) is 10.4. The molecule has 8 heteroatoms. The Hall–Kier alpha value is -3.16. The molecule has 0 fully saturated rings. The first kappa shape index (κ1) is 18.2. The van der Waals surface area contributed by atoms with Gasteiger partial charge >= 0.3 is 5.97 Å². The first-order chi connectivity index (χ1) is 11.8. The number of rotatable bonds is 5. The van der Waals surface area contributed by atoms with Crippen molar-refractivity contribution in [3.05, 3.63) is 62.6 Å². The highest BCUT2D eigenvalue weighted by Crippen LogP contribution is 2.23. The van der Waals surface area contributed by atoms with Crippen LogP contribution in [0.3, 0.4) is 0 Å². The van der Waals surface area contributed by atoms with Gasteiger partial charge in [0, 0.05) is 24.2 Å². The molecule has 2 aromatic rings. The number of benzene rings is 1. The van der Waals surface area contributed by atoms with Gasteiger partial charge in [0.25, 0.3) is 11.6 Å². The van der Waals surface area contributed by atoms with E-state index in [1.807, 2.05) is 0 Å². The van der Waals surface area contributed by atoms with Crippen molar-refractivity contribution in [1.82, 2.24) is 4.90 Å². The molecule has 0 radical (unpaired) electrons. The van der Waals surface area contributed by atoms with Crippen LogP contribution in [0.5, 0.6) is 0 Å². The number of furan rings is 1. The molecule has 1 heterocycles. The molecular formula is C17H18N2O6. The lowest BCUT2D eigenvalue weighted by molar-refractivity contribution is -0.385. The summed E-state index contributed by atoms with van der Waals surface area (Å²) in [5.74, 6) is -0.0862. The van der Waals surface area contributed by atoms with E-state index in [4.69, 9.17) is 4.42 Å². The molecule has 0 atom stereocenters. The fraction of sp³-hybridized carbons (Fsp3) is 0.294. The summed E-state index contributed by atoms with van der Waals surface area (Å²) in [6.45, 7) is 3.27. The monoisotopic (exact) mass is 346 g/mol. The van der Waals surface area contributed by atoms with Crippen LogP contribution in [-0.2, 0) is 11.3 Å². The van der Waals surface area contributed by atoms with E-state index < -0.39 is 10.9 Å². The second-order valence-electron chi connectivity index (χ2n) is 5.54. The van der Waals surface area contributed by atoms with Gasteiger partial charge in [-0.1, -0.05) is 6.07 Å². The number of esters is 1. The summed E-state index contributed by atoms with van der Waals surface area (Å²) in [7, 11) is 2.82. The van der Waals surface area contributed by atoms with Gasteiger partial charge in [0.15, 0.2) is 0 Å². The van der Waals surface area contributed by atoms with Crippen molar-refractivity contribution in [1.29, 1.82) is 0 Å². The average Bonchev–Trinajstić information content (AvgIpc) is 2.93. The zero-order chi connectivity index (χ0) is 18.7. The van der Waals surface area contributed by atoms with E-state index in [1.165, 1.54) is 43.2 Å². The van der Waals surface area contributed by atoms with Crippen molar-refractivity contribution in [2.75, 3.05) is 14.2 Å². The summed E-state index contributed by atoms with van der Waals surface area (Å²) in [6.07, 6.45) is 0. The number of hydrogen-bond donors (Lipinski definition) is 0. The summed E-state index contributed by atoms with van der Waals surface area (Å²) < 4.78 is 10.1. The Labute approximate surface area is 144 Å². The van der Waals surface area contributed by atoms with Crippen LogP contribution < -0.4 is 0 Å². The molecule has 0 saturated carbocycles. The van der Waals surface area contributed by atoms with E-state index in [-0.39, 0.29) is 23.7 Å². The predicted molar refractivity (Wildman–Crippen MR) is 88.4 cm³/mol. The number of carbonyl (C=O) groups is 2. The molecule has 0 unspecified atom stereocenters. The number of hydrogen-bond acceptors (Lipinski definition) is 6. The Morgan fingerprint density at radius 2 is 1.96 bits per heavy atom. The van der Waals surface area contributed by atoms with Gasteiger partial charge in [-0.2, -0.15) is 0 Å². The quantitative estimate of drug-likeness (QED) is 0.468. The van der Waals surface area contributed by atoms with Crippen molar-refractivity contribution in [2.24, 2.45) is 0 Å². The predicted octanol–water partition coefficient (Wildman–Crippen LogP) is 2.86. The van der Waals surface area contributed by atoms with Crippen molar-refractivity contribution in [3.63, 3.8) is 0 Å². The Morgan fingerprint density at radius 1 is 1.28 bits per heavy atom. The maximum absolute atomic E-state index is 12.6. The first-order valence-electron chi connectivity index (χ1n) is 7.43. The van der Waals surface area contributed by atoms with Crippen molar-refractivity contribution < 1.29 is 23.7 Å². The second-order valence-corrected chi connectivity index (χ2v) is 5.54. The summed E-state index contributed by atoms with van der Waals surface area (Å²) >= 11 is 0. The first-order valence-corrected chi connectivity index (χ1v) is 7.43. The largest absolute Gasteiger partial charge is 0.465 e. The van der Waals surface area contributed by atoms with E-state index in [9.17, 15) is 19.7 Å². The number of nitro benzene ring substituents is 1. The maximum atomic E-state index is 12.6. The number of aryl methyl sites for hydroxylation is 1. The molecule has 0 aliphatic heterocycles. The SMILES string of the molecule is COC(=O)c1cc(CN(C)C(=O)c2cccc([N+](=O)[O-])c2C)oc1C. The molecule has 2 rings (SSSR count). The summed E-state index contributed by atoms with van der Waals surface area (Å²) in [5, 5.41) is 11.0.